The van der Waals surface area contributed by atoms with Crippen LogP contribution < -0.4 is 10.9 Å². The number of benzene rings is 2. The van der Waals surface area contributed by atoms with E-state index in [1.165, 1.54) is 0 Å². The maximum atomic E-state index is 12.6. The topological polar surface area (TPSA) is 95.1 Å². The standard InChI is InChI=1S/C22H21N3O3/c26-18-17(19(27)23-14-11-15-7-3-1-4-8-15)24-21(25-20(18)28)22(12-13-22)16-9-5-2-6-10-16/h1-10,26H,11-14H2,(H,23,27)(H,24,25,28). The molecule has 2 aromatic carbocycles. The number of amides is 1. The molecule has 28 heavy (non-hydrogen) atoms. The fraction of sp³-hybridized carbons (Fsp3) is 0.227. The van der Waals surface area contributed by atoms with Crippen molar-refractivity contribution in [2.24, 2.45) is 0 Å². The lowest BCUT2D eigenvalue weighted by atomic mass is 9.95. The maximum absolute atomic E-state index is 12.6. The van der Waals surface area contributed by atoms with Crippen LogP contribution in [0.25, 0.3) is 0 Å². The minimum Gasteiger partial charge on any atom is -0.501 e. The van der Waals surface area contributed by atoms with Gasteiger partial charge >= 0.3 is 0 Å². The van der Waals surface area contributed by atoms with Crippen LogP contribution >= 0.6 is 0 Å². The van der Waals surface area contributed by atoms with Gasteiger partial charge < -0.3 is 15.4 Å². The molecule has 1 heterocycles. The normalized spacial score (nSPS) is 14.4. The molecular weight excluding hydrogens is 354 g/mol. The van der Waals surface area contributed by atoms with Crippen LogP contribution in [-0.4, -0.2) is 27.5 Å². The second-order valence-corrected chi connectivity index (χ2v) is 7.05. The lowest BCUT2D eigenvalue weighted by molar-refractivity contribution is 0.0945. The zero-order valence-corrected chi connectivity index (χ0v) is 15.3. The first kappa shape index (κ1) is 18.0. The number of aromatic amines is 1. The summed E-state index contributed by atoms with van der Waals surface area (Å²) in [6.07, 6.45) is 2.32. The lowest BCUT2D eigenvalue weighted by Crippen LogP contribution is -2.30. The van der Waals surface area contributed by atoms with E-state index in [4.69, 9.17) is 0 Å². The number of hydrogen-bond acceptors (Lipinski definition) is 4. The smallest absolute Gasteiger partial charge is 0.293 e. The van der Waals surface area contributed by atoms with E-state index in [0.29, 0.717) is 18.8 Å². The Morgan fingerprint density at radius 3 is 2.36 bits per heavy atom. The molecule has 6 nitrogen and oxygen atoms in total. The van der Waals surface area contributed by atoms with E-state index in [9.17, 15) is 14.7 Å². The van der Waals surface area contributed by atoms with Gasteiger partial charge in [-0.1, -0.05) is 60.7 Å². The van der Waals surface area contributed by atoms with Gasteiger partial charge in [-0.25, -0.2) is 4.98 Å². The Bertz CT molecular complexity index is 1040. The number of aromatic hydroxyl groups is 1. The van der Waals surface area contributed by atoms with Crippen molar-refractivity contribution in [3.63, 3.8) is 0 Å². The number of nitrogens with zero attached hydrogens (tertiary/aromatic N) is 1. The molecule has 0 bridgehead atoms. The summed E-state index contributed by atoms with van der Waals surface area (Å²) in [6, 6.07) is 19.5. The van der Waals surface area contributed by atoms with Crippen molar-refractivity contribution in [3.8, 4) is 5.75 Å². The summed E-state index contributed by atoms with van der Waals surface area (Å²) in [5, 5.41) is 12.8. The molecule has 0 spiro atoms. The fourth-order valence-electron chi connectivity index (χ4n) is 3.45. The average molecular weight is 375 g/mol. The summed E-state index contributed by atoms with van der Waals surface area (Å²) in [6.45, 7) is 0.385. The summed E-state index contributed by atoms with van der Waals surface area (Å²) in [7, 11) is 0. The maximum Gasteiger partial charge on any atom is 0.293 e. The van der Waals surface area contributed by atoms with Crippen LogP contribution in [0.15, 0.2) is 65.5 Å². The second kappa shape index (κ2) is 7.31. The number of nitrogens with one attached hydrogen (secondary N) is 2. The third-order valence-corrected chi connectivity index (χ3v) is 5.18. The lowest BCUT2D eigenvalue weighted by Gasteiger charge is -2.16. The highest BCUT2D eigenvalue weighted by atomic mass is 16.3. The minimum atomic E-state index is -0.694. The summed E-state index contributed by atoms with van der Waals surface area (Å²) >= 11 is 0. The third kappa shape index (κ3) is 3.41. The molecule has 1 aliphatic carbocycles. The molecule has 0 aliphatic heterocycles. The Labute approximate surface area is 162 Å². The van der Waals surface area contributed by atoms with Crippen molar-refractivity contribution in [2.45, 2.75) is 24.7 Å². The van der Waals surface area contributed by atoms with Gasteiger partial charge in [-0.15, -0.1) is 0 Å². The Hall–Kier alpha value is -3.41. The SMILES string of the molecule is O=C(NCCc1ccccc1)c1nc(C2(c3ccccc3)CC2)[nH]c(=O)c1O. The highest BCUT2D eigenvalue weighted by Gasteiger charge is 2.48. The Kier molecular flexibility index (Phi) is 4.69. The molecule has 3 N–H and O–H groups in total. The zero-order chi connectivity index (χ0) is 19.6. The monoisotopic (exact) mass is 375 g/mol. The number of hydrogen-bond donors (Lipinski definition) is 3. The van der Waals surface area contributed by atoms with E-state index in [1.807, 2.05) is 60.7 Å². The number of H-pyrrole nitrogens is 1. The van der Waals surface area contributed by atoms with E-state index in [2.05, 4.69) is 15.3 Å². The summed E-state index contributed by atoms with van der Waals surface area (Å²) in [4.78, 5) is 31.8. The van der Waals surface area contributed by atoms with Gasteiger partial charge in [0, 0.05) is 6.54 Å². The molecule has 1 aromatic heterocycles. The first-order valence-corrected chi connectivity index (χ1v) is 9.31. The summed E-state index contributed by atoms with van der Waals surface area (Å²) < 4.78 is 0. The molecule has 1 fully saturated rings. The van der Waals surface area contributed by atoms with Crippen molar-refractivity contribution in [2.75, 3.05) is 6.54 Å². The van der Waals surface area contributed by atoms with E-state index >= 15 is 0 Å². The van der Waals surface area contributed by atoms with Gasteiger partial charge in [0.05, 0.1) is 5.41 Å². The quantitative estimate of drug-likeness (QED) is 0.617. The van der Waals surface area contributed by atoms with Gasteiger partial charge in [-0.2, -0.15) is 0 Å². The van der Waals surface area contributed by atoms with Crippen molar-refractivity contribution in [3.05, 3.63) is 93.7 Å². The third-order valence-electron chi connectivity index (χ3n) is 5.18. The van der Waals surface area contributed by atoms with E-state index in [1.54, 1.807) is 0 Å². The average Bonchev–Trinajstić information content (AvgIpc) is 3.53. The molecule has 142 valence electrons. The molecular formula is C22H21N3O3. The van der Waals surface area contributed by atoms with Gasteiger partial charge in [0.15, 0.2) is 5.69 Å². The van der Waals surface area contributed by atoms with E-state index in [0.717, 1.165) is 24.0 Å². The van der Waals surface area contributed by atoms with Crippen molar-refractivity contribution < 1.29 is 9.90 Å². The number of carbonyl (C=O) groups excluding carboxylic acids is 1. The predicted octanol–water partition coefficient (Wildman–Crippen LogP) is 2.53. The van der Waals surface area contributed by atoms with Gasteiger partial charge in [0.1, 0.15) is 5.82 Å². The molecule has 6 heteroatoms. The van der Waals surface area contributed by atoms with Crippen LogP contribution in [0.4, 0.5) is 0 Å². The van der Waals surface area contributed by atoms with Crippen LogP contribution in [0.3, 0.4) is 0 Å². The number of rotatable bonds is 6. The summed E-state index contributed by atoms with van der Waals surface area (Å²) in [5.41, 5.74) is 0.814. The summed E-state index contributed by atoms with van der Waals surface area (Å²) in [5.74, 6) is -0.774. The molecule has 0 saturated heterocycles. The number of carbonyl (C=O) groups is 1. The predicted molar refractivity (Wildman–Crippen MR) is 105 cm³/mol. The second-order valence-electron chi connectivity index (χ2n) is 7.05. The molecule has 0 unspecified atom stereocenters. The largest absolute Gasteiger partial charge is 0.501 e. The van der Waals surface area contributed by atoms with Crippen LogP contribution in [0, 0.1) is 0 Å². The molecule has 3 aromatic rings. The number of aromatic nitrogens is 2. The minimum absolute atomic E-state index is 0.228. The van der Waals surface area contributed by atoms with Crippen LogP contribution in [0.5, 0.6) is 5.75 Å². The Balaban J connectivity index is 1.56. The molecule has 4 rings (SSSR count). The highest BCUT2D eigenvalue weighted by Crippen LogP contribution is 2.51. The van der Waals surface area contributed by atoms with Gasteiger partial charge in [-0.3, -0.25) is 9.59 Å². The van der Waals surface area contributed by atoms with Gasteiger partial charge in [0.2, 0.25) is 5.75 Å². The Morgan fingerprint density at radius 1 is 1.07 bits per heavy atom. The first-order chi connectivity index (χ1) is 13.6. The first-order valence-electron chi connectivity index (χ1n) is 9.31. The fourth-order valence-corrected chi connectivity index (χ4v) is 3.45. The van der Waals surface area contributed by atoms with Gasteiger partial charge in [0.25, 0.3) is 11.5 Å². The van der Waals surface area contributed by atoms with Gasteiger partial charge in [-0.05, 0) is 30.4 Å². The molecule has 0 atom stereocenters. The van der Waals surface area contributed by atoms with E-state index < -0.39 is 22.6 Å². The van der Waals surface area contributed by atoms with Crippen molar-refractivity contribution in [1.29, 1.82) is 0 Å². The van der Waals surface area contributed by atoms with E-state index in [-0.39, 0.29) is 5.69 Å². The van der Waals surface area contributed by atoms with Crippen molar-refractivity contribution >= 4 is 5.91 Å². The highest BCUT2D eigenvalue weighted by molar-refractivity contribution is 5.94. The molecule has 0 radical (unpaired) electrons. The van der Waals surface area contributed by atoms with Crippen LogP contribution in [0.1, 0.15) is 40.3 Å². The van der Waals surface area contributed by atoms with Crippen molar-refractivity contribution in [1.82, 2.24) is 15.3 Å². The molecule has 1 saturated carbocycles. The van der Waals surface area contributed by atoms with Crippen LogP contribution in [0.2, 0.25) is 0 Å². The van der Waals surface area contributed by atoms with Crippen LogP contribution in [-0.2, 0) is 11.8 Å². The molecule has 1 aliphatic rings. The molecule has 1 amide bonds. The zero-order valence-electron chi connectivity index (χ0n) is 15.3. The Morgan fingerprint density at radius 2 is 1.71 bits per heavy atom.